The largest absolute Gasteiger partial charge is 0.438 e. The average molecular weight is 524 g/mol. The van der Waals surface area contributed by atoms with Crippen LogP contribution >= 0.6 is 0 Å². The van der Waals surface area contributed by atoms with E-state index in [4.69, 9.17) is 4.74 Å². The number of ether oxygens (including phenoxy) is 1. The molecular weight excluding hydrogens is 490 g/mol. The van der Waals surface area contributed by atoms with E-state index in [1.54, 1.807) is 31.0 Å². The molecule has 0 bridgehead atoms. The van der Waals surface area contributed by atoms with Gasteiger partial charge in [0, 0.05) is 37.2 Å². The molecule has 0 spiro atoms. The Labute approximate surface area is 217 Å². The Bertz CT molecular complexity index is 1400. The van der Waals surface area contributed by atoms with E-state index in [0.717, 1.165) is 28.5 Å². The second-order valence-electron chi connectivity index (χ2n) is 10.3. The first-order valence-electron chi connectivity index (χ1n) is 12.2. The minimum Gasteiger partial charge on any atom is -0.438 e. The number of nitrogens with zero attached hydrogens (tertiary/aromatic N) is 1. The van der Waals surface area contributed by atoms with Crippen LogP contribution < -0.4 is 10.3 Å². The van der Waals surface area contributed by atoms with Crippen LogP contribution in [0.15, 0.2) is 77.7 Å². The number of aromatic amines is 1. The van der Waals surface area contributed by atoms with Crippen LogP contribution in [0.3, 0.4) is 0 Å². The normalized spacial score (nSPS) is 19.4. The fraction of sp³-hybridized carbons (Fsp3) is 0.357. The highest BCUT2D eigenvalue weighted by Crippen LogP contribution is 2.42. The molecule has 0 saturated carbocycles. The van der Waals surface area contributed by atoms with Crippen LogP contribution in [0.5, 0.6) is 0 Å². The molecule has 2 heterocycles. The minimum atomic E-state index is -3.46. The molecule has 196 valence electrons. The number of carbonyl (C=O) groups is 1. The minimum absolute atomic E-state index is 0.153. The number of hydrogen-bond acceptors (Lipinski definition) is 5. The van der Waals surface area contributed by atoms with E-state index in [1.807, 2.05) is 61.5 Å². The van der Waals surface area contributed by atoms with Crippen molar-refractivity contribution in [1.82, 2.24) is 14.6 Å². The Kier molecular flexibility index (Phi) is 7.30. The van der Waals surface area contributed by atoms with E-state index in [0.29, 0.717) is 19.4 Å². The van der Waals surface area contributed by atoms with Gasteiger partial charge in [-0.25, -0.2) is 17.9 Å². The maximum absolute atomic E-state index is 13.4. The summed E-state index contributed by atoms with van der Waals surface area (Å²) in [5, 5.41) is 0. The molecule has 3 aromatic rings. The number of cyclic esters (lactones) is 1. The van der Waals surface area contributed by atoms with E-state index in [1.165, 1.54) is 6.07 Å². The summed E-state index contributed by atoms with van der Waals surface area (Å²) in [7, 11) is -3.46. The van der Waals surface area contributed by atoms with Crippen LogP contribution in [0.1, 0.15) is 50.8 Å². The number of H-pyrrole nitrogens is 1. The Morgan fingerprint density at radius 2 is 1.68 bits per heavy atom. The summed E-state index contributed by atoms with van der Waals surface area (Å²) in [6, 6.07) is 20.4. The Balaban J connectivity index is 1.55. The molecule has 0 radical (unpaired) electrons. The number of rotatable bonds is 8. The molecule has 9 heteroatoms. The number of benzene rings is 2. The second-order valence-corrected chi connectivity index (χ2v) is 12.1. The van der Waals surface area contributed by atoms with Crippen LogP contribution in [0.2, 0.25) is 0 Å². The van der Waals surface area contributed by atoms with Gasteiger partial charge in [0.2, 0.25) is 15.6 Å². The van der Waals surface area contributed by atoms with E-state index >= 15 is 0 Å². The van der Waals surface area contributed by atoms with Gasteiger partial charge in [0.05, 0.1) is 12.3 Å². The molecule has 2 atom stereocenters. The number of sulfonamides is 1. The third kappa shape index (κ3) is 6.29. The van der Waals surface area contributed by atoms with Gasteiger partial charge in [0.15, 0.2) is 0 Å². The lowest BCUT2D eigenvalue weighted by Crippen LogP contribution is -2.54. The van der Waals surface area contributed by atoms with Crippen molar-refractivity contribution >= 4 is 16.1 Å². The summed E-state index contributed by atoms with van der Waals surface area (Å²) in [4.78, 5) is 29.1. The molecule has 1 fully saturated rings. The van der Waals surface area contributed by atoms with Gasteiger partial charge >= 0.3 is 6.09 Å². The molecule has 1 saturated heterocycles. The van der Waals surface area contributed by atoms with E-state index in [9.17, 15) is 18.0 Å². The van der Waals surface area contributed by atoms with E-state index in [-0.39, 0.29) is 11.6 Å². The SMILES string of the molecule is C[C@@H](c1ccc(-c2ccc(=O)[nH]c2)cc1)N1CC[C@](CC(C)(C)NS(C)(=O)=O)(c2ccccc2)OC1=O. The maximum Gasteiger partial charge on any atom is 0.411 e. The monoisotopic (exact) mass is 523 g/mol. The fourth-order valence-corrected chi connectivity index (χ4v) is 6.24. The molecule has 1 aliphatic rings. The first-order chi connectivity index (χ1) is 17.4. The highest BCUT2D eigenvalue weighted by atomic mass is 32.2. The number of hydrogen-bond donors (Lipinski definition) is 2. The number of aromatic nitrogens is 1. The summed E-state index contributed by atoms with van der Waals surface area (Å²) < 4.78 is 32.8. The molecule has 37 heavy (non-hydrogen) atoms. The zero-order valence-corrected chi connectivity index (χ0v) is 22.3. The first-order valence-corrected chi connectivity index (χ1v) is 14.1. The third-order valence-corrected chi connectivity index (χ3v) is 7.66. The molecular formula is C28H33N3O5S. The molecule has 1 aromatic heterocycles. The fourth-order valence-electron chi connectivity index (χ4n) is 5.17. The lowest BCUT2D eigenvalue weighted by molar-refractivity contribution is -0.0749. The molecule has 4 rings (SSSR count). The highest BCUT2D eigenvalue weighted by molar-refractivity contribution is 7.88. The first kappa shape index (κ1) is 26.6. The Hall–Kier alpha value is -3.43. The quantitative estimate of drug-likeness (QED) is 0.450. The van der Waals surface area contributed by atoms with Gasteiger partial charge in [-0.05, 0) is 49.1 Å². The van der Waals surface area contributed by atoms with Crippen molar-refractivity contribution < 1.29 is 17.9 Å². The third-order valence-electron chi connectivity index (χ3n) is 6.74. The van der Waals surface area contributed by atoms with Crippen LogP contribution in [-0.4, -0.2) is 42.7 Å². The van der Waals surface area contributed by atoms with Gasteiger partial charge < -0.3 is 14.6 Å². The summed E-state index contributed by atoms with van der Waals surface area (Å²) in [6.45, 7) is 6.00. The zero-order chi connectivity index (χ0) is 26.8. The predicted octanol–water partition coefficient (Wildman–Crippen LogP) is 4.56. The molecule has 1 amide bonds. The lowest BCUT2D eigenvalue weighted by Gasteiger charge is -2.46. The van der Waals surface area contributed by atoms with Gasteiger partial charge in [-0.1, -0.05) is 54.6 Å². The van der Waals surface area contributed by atoms with Crippen molar-refractivity contribution in [2.24, 2.45) is 0 Å². The van der Waals surface area contributed by atoms with Gasteiger partial charge in [0.25, 0.3) is 0 Å². The molecule has 2 N–H and O–H groups in total. The van der Waals surface area contributed by atoms with Crippen molar-refractivity contribution in [2.45, 2.75) is 50.8 Å². The second kappa shape index (κ2) is 10.1. The van der Waals surface area contributed by atoms with Crippen LogP contribution in [0.25, 0.3) is 11.1 Å². The van der Waals surface area contributed by atoms with Crippen molar-refractivity contribution in [3.8, 4) is 11.1 Å². The number of amides is 1. The van der Waals surface area contributed by atoms with Crippen molar-refractivity contribution in [1.29, 1.82) is 0 Å². The van der Waals surface area contributed by atoms with Gasteiger partial charge in [-0.15, -0.1) is 0 Å². The maximum atomic E-state index is 13.4. The number of pyridine rings is 1. The zero-order valence-electron chi connectivity index (χ0n) is 21.5. The summed E-state index contributed by atoms with van der Waals surface area (Å²) in [6.07, 6.45) is 3.16. The van der Waals surface area contributed by atoms with E-state index < -0.39 is 27.3 Å². The Morgan fingerprint density at radius 3 is 2.24 bits per heavy atom. The van der Waals surface area contributed by atoms with Crippen molar-refractivity contribution in [3.63, 3.8) is 0 Å². The van der Waals surface area contributed by atoms with Crippen LogP contribution in [0, 0.1) is 0 Å². The van der Waals surface area contributed by atoms with Crippen molar-refractivity contribution in [2.75, 3.05) is 12.8 Å². The van der Waals surface area contributed by atoms with Crippen molar-refractivity contribution in [3.05, 3.63) is 94.4 Å². The standard InChI is InChI=1S/C28H33N3O5S/c1-20(21-10-12-22(13-11-21)23-14-15-25(32)29-18-23)31-17-16-28(36-26(31)33,24-8-6-5-7-9-24)19-27(2,3)30-37(4,34)35/h5-15,18,20,30H,16-17,19H2,1-4H3,(H,29,32)/t20-,28-/m0/s1. The van der Waals surface area contributed by atoms with Gasteiger partial charge in [-0.2, -0.15) is 0 Å². The highest BCUT2D eigenvalue weighted by Gasteiger charge is 2.47. The number of carbonyl (C=O) groups excluding carboxylic acids is 1. The van der Waals surface area contributed by atoms with Gasteiger partial charge in [0.1, 0.15) is 5.60 Å². The van der Waals surface area contributed by atoms with E-state index in [2.05, 4.69) is 9.71 Å². The molecule has 2 aromatic carbocycles. The van der Waals surface area contributed by atoms with Crippen LogP contribution in [0.4, 0.5) is 4.79 Å². The predicted molar refractivity (Wildman–Crippen MR) is 144 cm³/mol. The topological polar surface area (TPSA) is 109 Å². The molecule has 0 unspecified atom stereocenters. The molecule has 1 aliphatic heterocycles. The average Bonchev–Trinajstić information content (AvgIpc) is 2.83. The smallest absolute Gasteiger partial charge is 0.411 e. The lowest BCUT2D eigenvalue weighted by atomic mass is 9.79. The Morgan fingerprint density at radius 1 is 1.03 bits per heavy atom. The molecule has 8 nitrogen and oxygen atoms in total. The van der Waals surface area contributed by atoms with Gasteiger partial charge in [-0.3, -0.25) is 4.79 Å². The summed E-state index contributed by atoms with van der Waals surface area (Å²) in [5.74, 6) is 0. The molecule has 0 aliphatic carbocycles. The summed E-state index contributed by atoms with van der Waals surface area (Å²) >= 11 is 0. The number of nitrogens with one attached hydrogen (secondary N) is 2. The van der Waals surface area contributed by atoms with Crippen LogP contribution in [-0.2, 0) is 20.4 Å². The summed E-state index contributed by atoms with van der Waals surface area (Å²) in [5.41, 5.74) is 1.69.